The van der Waals surface area contributed by atoms with E-state index in [0.29, 0.717) is 19.8 Å². The standard InChI is InChI=1S/C17H19NO5S3/c1-18(3-5-23-4-2-6-26(20,21)22)17-9-13-7-12-8-14(11-19)24-15(12)10-16(13)25-17/h7-11H,2-6H2,1H3,(H,20,21,22). The summed E-state index contributed by atoms with van der Waals surface area (Å²) in [7, 11) is -1.92. The highest BCUT2D eigenvalue weighted by molar-refractivity contribution is 7.85. The molecule has 140 valence electrons. The number of ether oxygens (including phenoxy) is 1. The lowest BCUT2D eigenvalue weighted by molar-refractivity contribution is 0.112. The van der Waals surface area contributed by atoms with Crippen molar-refractivity contribution in [3.63, 3.8) is 0 Å². The number of anilines is 1. The summed E-state index contributed by atoms with van der Waals surface area (Å²) in [5.74, 6) is -0.276. The number of hydrogen-bond acceptors (Lipinski definition) is 7. The Balaban J connectivity index is 1.58. The number of carbonyl (C=O) groups excluding carboxylic acids is 1. The van der Waals surface area contributed by atoms with Gasteiger partial charge in [0, 0.05) is 29.6 Å². The van der Waals surface area contributed by atoms with Gasteiger partial charge in [0.05, 0.1) is 22.2 Å². The summed E-state index contributed by atoms with van der Waals surface area (Å²) in [6.07, 6.45) is 1.17. The third-order valence-electron chi connectivity index (χ3n) is 3.92. The molecule has 0 saturated heterocycles. The number of thiophene rings is 2. The number of likely N-dealkylation sites (N-methyl/N-ethyl adjacent to an activating group) is 1. The molecule has 3 rings (SSSR count). The number of benzene rings is 1. The lowest BCUT2D eigenvalue weighted by Crippen LogP contribution is -2.22. The maximum Gasteiger partial charge on any atom is 0.264 e. The Kier molecular flexibility index (Phi) is 5.93. The predicted octanol–water partition coefficient (Wildman–Crippen LogP) is 3.66. The smallest absolute Gasteiger partial charge is 0.264 e. The Morgan fingerprint density at radius 3 is 2.58 bits per heavy atom. The van der Waals surface area contributed by atoms with Gasteiger partial charge in [0.15, 0.2) is 6.29 Å². The lowest BCUT2D eigenvalue weighted by Gasteiger charge is -2.16. The fourth-order valence-electron chi connectivity index (χ4n) is 2.59. The molecule has 3 aromatic rings. The Labute approximate surface area is 159 Å². The number of aldehydes is 1. The Bertz CT molecular complexity index is 971. The monoisotopic (exact) mass is 413 g/mol. The minimum Gasteiger partial charge on any atom is -0.380 e. The summed E-state index contributed by atoms with van der Waals surface area (Å²) < 4.78 is 37.6. The molecule has 0 aliphatic heterocycles. The SMILES string of the molecule is CN(CCOCCCS(=O)(=O)O)c1cc2cc3cc(C=O)sc3cc2s1. The van der Waals surface area contributed by atoms with Gasteiger partial charge in [0.1, 0.15) is 0 Å². The maximum atomic E-state index is 10.9. The van der Waals surface area contributed by atoms with Crippen molar-refractivity contribution in [2.75, 3.05) is 37.5 Å². The molecule has 0 saturated carbocycles. The first-order chi connectivity index (χ1) is 12.4. The fraction of sp³-hybridized carbons (Fsp3) is 0.353. The molecule has 9 heteroatoms. The van der Waals surface area contributed by atoms with E-state index >= 15 is 0 Å². The van der Waals surface area contributed by atoms with E-state index < -0.39 is 10.1 Å². The van der Waals surface area contributed by atoms with Crippen LogP contribution in [0.25, 0.3) is 20.2 Å². The second kappa shape index (κ2) is 8.01. The van der Waals surface area contributed by atoms with Crippen molar-refractivity contribution >= 4 is 64.3 Å². The van der Waals surface area contributed by atoms with E-state index in [4.69, 9.17) is 9.29 Å². The van der Waals surface area contributed by atoms with Crippen molar-refractivity contribution in [1.29, 1.82) is 0 Å². The van der Waals surface area contributed by atoms with E-state index in [1.54, 1.807) is 11.3 Å². The number of carbonyl (C=O) groups is 1. The molecule has 0 amide bonds. The molecule has 0 spiro atoms. The van der Waals surface area contributed by atoms with Gasteiger partial charge in [-0.25, -0.2) is 0 Å². The maximum absolute atomic E-state index is 10.9. The van der Waals surface area contributed by atoms with Crippen LogP contribution in [-0.4, -0.2) is 51.8 Å². The van der Waals surface area contributed by atoms with E-state index in [9.17, 15) is 13.2 Å². The molecular formula is C17H19NO5S3. The third kappa shape index (κ3) is 4.80. The van der Waals surface area contributed by atoms with Crippen LogP contribution >= 0.6 is 22.7 Å². The lowest BCUT2D eigenvalue weighted by atomic mass is 10.2. The van der Waals surface area contributed by atoms with Crippen LogP contribution in [0.15, 0.2) is 24.3 Å². The van der Waals surface area contributed by atoms with Crippen LogP contribution in [0, 0.1) is 0 Å². The second-order valence-corrected chi connectivity index (χ2v) is 9.70. The molecule has 1 N–H and O–H groups in total. The van der Waals surface area contributed by atoms with Crippen molar-refractivity contribution < 1.29 is 22.5 Å². The van der Waals surface area contributed by atoms with E-state index in [1.165, 1.54) is 16.0 Å². The summed E-state index contributed by atoms with van der Waals surface area (Å²) in [5.41, 5.74) is 0. The summed E-state index contributed by atoms with van der Waals surface area (Å²) in [4.78, 5) is 13.8. The van der Waals surface area contributed by atoms with Crippen LogP contribution in [0.1, 0.15) is 16.1 Å². The van der Waals surface area contributed by atoms with Crippen molar-refractivity contribution in [1.82, 2.24) is 0 Å². The first-order valence-electron chi connectivity index (χ1n) is 8.02. The van der Waals surface area contributed by atoms with E-state index in [-0.39, 0.29) is 12.2 Å². The number of nitrogens with zero attached hydrogens (tertiary/aromatic N) is 1. The molecular weight excluding hydrogens is 394 g/mol. The summed E-state index contributed by atoms with van der Waals surface area (Å²) in [6, 6.07) is 8.26. The van der Waals surface area contributed by atoms with Crippen LogP contribution in [0.2, 0.25) is 0 Å². The van der Waals surface area contributed by atoms with E-state index in [2.05, 4.69) is 23.1 Å². The summed E-state index contributed by atoms with van der Waals surface area (Å²) >= 11 is 3.18. The quantitative estimate of drug-likeness (QED) is 0.327. The molecule has 26 heavy (non-hydrogen) atoms. The molecule has 1 aromatic carbocycles. The molecule has 0 aliphatic rings. The molecule has 0 unspecified atom stereocenters. The van der Waals surface area contributed by atoms with Crippen LogP contribution < -0.4 is 4.90 Å². The van der Waals surface area contributed by atoms with Crippen LogP contribution in [0.3, 0.4) is 0 Å². The molecule has 0 atom stereocenters. The minimum atomic E-state index is -3.91. The molecule has 0 bridgehead atoms. The minimum absolute atomic E-state index is 0.276. The number of fused-ring (bicyclic) bond motifs is 2. The molecule has 0 fully saturated rings. The zero-order chi connectivity index (χ0) is 18.7. The topological polar surface area (TPSA) is 83.9 Å². The van der Waals surface area contributed by atoms with Gasteiger partial charge in [-0.15, -0.1) is 22.7 Å². The highest BCUT2D eigenvalue weighted by atomic mass is 32.2. The average molecular weight is 414 g/mol. The molecule has 6 nitrogen and oxygen atoms in total. The van der Waals surface area contributed by atoms with Crippen molar-refractivity contribution in [2.24, 2.45) is 0 Å². The first kappa shape index (κ1) is 19.2. The van der Waals surface area contributed by atoms with Gasteiger partial charge in [-0.2, -0.15) is 8.42 Å². The highest BCUT2D eigenvalue weighted by Crippen LogP contribution is 2.37. The normalized spacial score (nSPS) is 12.1. The van der Waals surface area contributed by atoms with Gasteiger partial charge in [-0.1, -0.05) is 0 Å². The Morgan fingerprint density at radius 1 is 1.12 bits per heavy atom. The zero-order valence-corrected chi connectivity index (χ0v) is 16.6. The van der Waals surface area contributed by atoms with Gasteiger partial charge >= 0.3 is 0 Å². The second-order valence-electron chi connectivity index (χ2n) is 5.95. The predicted molar refractivity (Wildman–Crippen MR) is 108 cm³/mol. The van der Waals surface area contributed by atoms with Crippen LogP contribution in [-0.2, 0) is 14.9 Å². The highest BCUT2D eigenvalue weighted by Gasteiger charge is 2.10. The van der Waals surface area contributed by atoms with E-state index in [1.807, 2.05) is 13.1 Å². The Morgan fingerprint density at radius 2 is 1.85 bits per heavy atom. The number of rotatable bonds is 9. The summed E-state index contributed by atoms with van der Waals surface area (Å²) in [6.45, 7) is 1.46. The molecule has 2 aromatic heterocycles. The van der Waals surface area contributed by atoms with E-state index in [0.717, 1.165) is 31.6 Å². The Hall–Kier alpha value is -1.52. The van der Waals surface area contributed by atoms with Crippen molar-refractivity contribution in [3.8, 4) is 0 Å². The van der Waals surface area contributed by atoms with Gasteiger partial charge in [0.25, 0.3) is 10.1 Å². The van der Waals surface area contributed by atoms with Crippen molar-refractivity contribution in [3.05, 3.63) is 29.1 Å². The zero-order valence-electron chi connectivity index (χ0n) is 14.2. The fourth-order valence-corrected chi connectivity index (χ4v) is 5.11. The van der Waals surface area contributed by atoms with Gasteiger partial charge in [0.2, 0.25) is 0 Å². The molecule has 0 aliphatic carbocycles. The van der Waals surface area contributed by atoms with Crippen LogP contribution in [0.5, 0.6) is 0 Å². The summed E-state index contributed by atoms with van der Waals surface area (Å²) in [5, 5.41) is 3.35. The third-order valence-corrected chi connectivity index (χ3v) is 6.96. The van der Waals surface area contributed by atoms with Crippen molar-refractivity contribution in [2.45, 2.75) is 6.42 Å². The average Bonchev–Trinajstić information content (AvgIpc) is 3.16. The number of hydrogen-bond donors (Lipinski definition) is 1. The van der Waals surface area contributed by atoms with Crippen LogP contribution in [0.4, 0.5) is 5.00 Å². The van der Waals surface area contributed by atoms with Gasteiger partial charge < -0.3 is 9.64 Å². The molecule has 0 radical (unpaired) electrons. The first-order valence-corrected chi connectivity index (χ1v) is 11.3. The molecule has 2 heterocycles. The van der Waals surface area contributed by atoms with Gasteiger partial charge in [-0.05, 0) is 41.5 Å². The largest absolute Gasteiger partial charge is 0.380 e. The van der Waals surface area contributed by atoms with Gasteiger partial charge in [-0.3, -0.25) is 9.35 Å².